The van der Waals surface area contributed by atoms with Crippen LogP contribution in [0.15, 0.2) is 12.3 Å². The van der Waals surface area contributed by atoms with E-state index < -0.39 is 22.8 Å². The van der Waals surface area contributed by atoms with Gasteiger partial charge in [0.25, 0.3) is 0 Å². The van der Waals surface area contributed by atoms with Gasteiger partial charge in [-0.2, -0.15) is 5.26 Å². The molecule has 0 aliphatic heterocycles. The van der Waals surface area contributed by atoms with Crippen LogP contribution in [-0.4, -0.2) is 31.6 Å². The smallest absolute Gasteiger partial charge is 0.306 e. The second kappa shape index (κ2) is 5.67. The summed E-state index contributed by atoms with van der Waals surface area (Å²) >= 11 is 2.97. The minimum atomic E-state index is -1.30. The number of hydrogen-bond donors (Lipinski definition) is 2. The van der Waals surface area contributed by atoms with Crippen molar-refractivity contribution >= 4 is 21.6 Å². The number of rotatable bonds is 4. The minimum Gasteiger partial charge on any atom is -0.389 e. The van der Waals surface area contributed by atoms with Gasteiger partial charge in [0.1, 0.15) is 12.2 Å². The molecule has 8 heteroatoms. The number of nitrogens with zero attached hydrogens (tertiary/aromatic N) is 3. The first-order valence-corrected chi connectivity index (χ1v) is 5.60. The maximum atomic E-state index is 10.7. The number of aromatic nitrogens is 1. The second-order valence-corrected chi connectivity index (χ2v) is 3.82. The number of halogens is 1. The Balaban J connectivity index is 3.17. The summed E-state index contributed by atoms with van der Waals surface area (Å²) in [6, 6.07) is 2.61. The van der Waals surface area contributed by atoms with Crippen LogP contribution in [0.4, 0.5) is 5.69 Å². The van der Waals surface area contributed by atoms with E-state index in [4.69, 9.17) is 5.26 Å². The average molecular weight is 302 g/mol. The molecular formula is C9H8BrN3O4. The summed E-state index contributed by atoms with van der Waals surface area (Å²) in [5.74, 6) is 0. The lowest BCUT2D eigenvalue weighted by Gasteiger charge is -2.15. The van der Waals surface area contributed by atoms with E-state index >= 15 is 0 Å². The summed E-state index contributed by atoms with van der Waals surface area (Å²) in [7, 11) is 0. The van der Waals surface area contributed by atoms with Crippen molar-refractivity contribution in [1.82, 2.24) is 4.98 Å². The zero-order valence-electron chi connectivity index (χ0n) is 8.45. The SMILES string of the molecule is N#Cc1ncc(C(O)C(O)CBr)cc1[N+](=O)[O-]. The maximum absolute atomic E-state index is 10.7. The van der Waals surface area contributed by atoms with E-state index in [0.29, 0.717) is 0 Å². The molecule has 1 aromatic rings. The fraction of sp³-hybridized carbons (Fsp3) is 0.333. The van der Waals surface area contributed by atoms with Crippen molar-refractivity contribution < 1.29 is 15.1 Å². The lowest BCUT2D eigenvalue weighted by atomic mass is 10.1. The predicted octanol–water partition coefficient (Wildman–Crippen LogP) is 0.651. The van der Waals surface area contributed by atoms with Gasteiger partial charge < -0.3 is 10.2 Å². The van der Waals surface area contributed by atoms with Gasteiger partial charge in [0.15, 0.2) is 0 Å². The number of hydrogen-bond acceptors (Lipinski definition) is 6. The third-order valence-corrected chi connectivity index (χ3v) is 2.72. The molecule has 0 radical (unpaired) electrons. The molecule has 0 saturated heterocycles. The molecule has 1 rings (SSSR count). The molecule has 1 aromatic heterocycles. The molecule has 0 aromatic carbocycles. The highest BCUT2D eigenvalue weighted by molar-refractivity contribution is 9.09. The second-order valence-electron chi connectivity index (χ2n) is 3.17. The van der Waals surface area contributed by atoms with E-state index in [1.54, 1.807) is 6.07 Å². The first kappa shape index (κ1) is 13.5. The lowest BCUT2D eigenvalue weighted by Crippen LogP contribution is -2.19. The molecule has 17 heavy (non-hydrogen) atoms. The quantitative estimate of drug-likeness (QED) is 0.478. The Kier molecular flexibility index (Phi) is 4.51. The van der Waals surface area contributed by atoms with Gasteiger partial charge in [-0.05, 0) is 0 Å². The highest BCUT2D eigenvalue weighted by Gasteiger charge is 2.22. The molecule has 0 saturated carbocycles. The van der Waals surface area contributed by atoms with Crippen LogP contribution in [-0.2, 0) is 0 Å². The summed E-state index contributed by atoms with van der Waals surface area (Å²) < 4.78 is 0. The molecule has 0 spiro atoms. The molecule has 7 nitrogen and oxygen atoms in total. The fourth-order valence-corrected chi connectivity index (χ4v) is 1.52. The van der Waals surface area contributed by atoms with Crippen LogP contribution < -0.4 is 0 Å². The summed E-state index contributed by atoms with van der Waals surface area (Å²) in [6.45, 7) is 0. The Hall–Kier alpha value is -1.56. The fourth-order valence-electron chi connectivity index (χ4n) is 1.16. The largest absolute Gasteiger partial charge is 0.389 e. The third-order valence-electron chi connectivity index (χ3n) is 2.06. The van der Waals surface area contributed by atoms with Gasteiger partial charge in [0.05, 0.1) is 11.0 Å². The van der Waals surface area contributed by atoms with Gasteiger partial charge in [-0.3, -0.25) is 10.1 Å². The van der Waals surface area contributed by atoms with Gasteiger partial charge in [0, 0.05) is 23.2 Å². The van der Waals surface area contributed by atoms with Crippen molar-refractivity contribution in [2.75, 3.05) is 5.33 Å². The molecule has 0 bridgehead atoms. The van der Waals surface area contributed by atoms with Crippen LogP contribution in [0.1, 0.15) is 17.4 Å². The molecule has 90 valence electrons. The van der Waals surface area contributed by atoms with Crippen molar-refractivity contribution in [1.29, 1.82) is 5.26 Å². The summed E-state index contributed by atoms with van der Waals surface area (Å²) in [4.78, 5) is 13.5. The van der Waals surface area contributed by atoms with Gasteiger partial charge in [-0.15, -0.1) is 0 Å². The van der Waals surface area contributed by atoms with E-state index in [9.17, 15) is 20.3 Å². The van der Waals surface area contributed by atoms with Crippen LogP contribution >= 0.6 is 15.9 Å². The summed E-state index contributed by atoms with van der Waals surface area (Å²) in [5, 5.41) is 38.4. The summed E-state index contributed by atoms with van der Waals surface area (Å²) in [6.07, 6.45) is -1.28. The third kappa shape index (κ3) is 2.97. The Morgan fingerprint density at radius 2 is 2.29 bits per heavy atom. The predicted molar refractivity (Wildman–Crippen MR) is 60.4 cm³/mol. The minimum absolute atomic E-state index is 0.0858. The number of alkyl halides is 1. The van der Waals surface area contributed by atoms with E-state index in [2.05, 4.69) is 20.9 Å². The number of nitro groups is 1. The van der Waals surface area contributed by atoms with E-state index in [0.717, 1.165) is 12.3 Å². The highest BCUT2D eigenvalue weighted by Crippen LogP contribution is 2.23. The monoisotopic (exact) mass is 301 g/mol. The molecule has 2 N–H and O–H groups in total. The van der Waals surface area contributed by atoms with E-state index in [-0.39, 0.29) is 16.6 Å². The van der Waals surface area contributed by atoms with Crippen LogP contribution in [0.2, 0.25) is 0 Å². The maximum Gasteiger partial charge on any atom is 0.306 e. The summed E-state index contributed by atoms with van der Waals surface area (Å²) in [5.41, 5.74) is -0.743. The lowest BCUT2D eigenvalue weighted by molar-refractivity contribution is -0.385. The van der Waals surface area contributed by atoms with Crippen LogP contribution in [0.25, 0.3) is 0 Å². The first-order chi connectivity index (χ1) is 8.01. The van der Waals surface area contributed by atoms with Gasteiger partial charge in [-0.25, -0.2) is 4.98 Å². The highest BCUT2D eigenvalue weighted by atomic mass is 79.9. The van der Waals surface area contributed by atoms with Crippen molar-refractivity contribution in [3.63, 3.8) is 0 Å². The van der Waals surface area contributed by atoms with Crippen molar-refractivity contribution in [2.24, 2.45) is 0 Å². The van der Waals surface area contributed by atoms with E-state index in [1.165, 1.54) is 0 Å². The van der Waals surface area contributed by atoms with Gasteiger partial charge in [-0.1, -0.05) is 15.9 Å². The van der Waals surface area contributed by atoms with Crippen LogP contribution in [0, 0.1) is 21.4 Å². The molecule has 0 aliphatic rings. The zero-order chi connectivity index (χ0) is 13.0. The van der Waals surface area contributed by atoms with Crippen LogP contribution in [0.5, 0.6) is 0 Å². The molecule has 2 atom stereocenters. The zero-order valence-corrected chi connectivity index (χ0v) is 10.0. The molecule has 1 heterocycles. The molecular weight excluding hydrogens is 294 g/mol. The topological polar surface area (TPSA) is 120 Å². The Morgan fingerprint density at radius 1 is 1.65 bits per heavy atom. The molecule has 0 amide bonds. The van der Waals surface area contributed by atoms with Crippen LogP contribution in [0.3, 0.4) is 0 Å². The van der Waals surface area contributed by atoms with Crippen molar-refractivity contribution in [3.8, 4) is 6.07 Å². The van der Waals surface area contributed by atoms with E-state index in [1.807, 2.05) is 0 Å². The molecule has 0 aliphatic carbocycles. The molecule has 2 unspecified atom stereocenters. The van der Waals surface area contributed by atoms with Crippen molar-refractivity contribution in [3.05, 3.63) is 33.6 Å². The standard InChI is InChI=1S/C9H8BrN3O4/c10-2-8(14)9(15)5-1-7(13(16)17)6(3-11)12-4-5/h1,4,8-9,14-15H,2H2. The van der Waals surface area contributed by atoms with Crippen molar-refractivity contribution in [2.45, 2.75) is 12.2 Å². The number of nitriles is 1. The van der Waals surface area contributed by atoms with Gasteiger partial charge in [0.2, 0.25) is 5.69 Å². The first-order valence-electron chi connectivity index (χ1n) is 4.47. The van der Waals surface area contributed by atoms with Gasteiger partial charge >= 0.3 is 5.69 Å². The Bertz CT molecular complexity index is 474. The number of pyridine rings is 1. The average Bonchev–Trinajstić information content (AvgIpc) is 2.35. The Labute approximate surface area is 105 Å². The normalized spacial score (nSPS) is 13.8. The Morgan fingerprint density at radius 3 is 2.76 bits per heavy atom. The number of aliphatic hydroxyl groups is 2. The number of aliphatic hydroxyl groups excluding tert-OH is 2. The molecule has 0 fully saturated rings.